The smallest absolute Gasteiger partial charge is 0.287 e. The van der Waals surface area contributed by atoms with Crippen LogP contribution in [0.4, 0.5) is 5.13 Å². The molecule has 0 radical (unpaired) electrons. The Morgan fingerprint density at radius 1 is 1.20 bits per heavy atom. The molecule has 0 aliphatic carbocycles. The first-order chi connectivity index (χ1) is 12.0. The van der Waals surface area contributed by atoms with Gasteiger partial charge in [-0.1, -0.05) is 23.7 Å². The number of furan rings is 1. The van der Waals surface area contributed by atoms with E-state index in [9.17, 15) is 9.59 Å². The van der Waals surface area contributed by atoms with Crippen LogP contribution in [0.5, 0.6) is 0 Å². The number of carbonyl (C=O) groups excluding carboxylic acids is 2. The molecule has 2 N–H and O–H groups in total. The van der Waals surface area contributed by atoms with Gasteiger partial charge in [0.1, 0.15) is 0 Å². The monoisotopic (exact) mass is 439 g/mol. The average molecular weight is 441 g/mol. The fraction of sp³-hybridized carbons (Fsp3) is 0.0625. The molecule has 0 atom stereocenters. The van der Waals surface area contributed by atoms with Gasteiger partial charge in [0.05, 0.1) is 12.2 Å². The van der Waals surface area contributed by atoms with E-state index in [1.54, 1.807) is 18.2 Å². The van der Waals surface area contributed by atoms with E-state index in [-0.39, 0.29) is 18.2 Å². The molecular formula is C16H11BrClN3O3S. The Bertz CT molecular complexity index is 908. The van der Waals surface area contributed by atoms with Gasteiger partial charge in [0.2, 0.25) is 5.91 Å². The summed E-state index contributed by atoms with van der Waals surface area (Å²) in [5, 5.41) is 8.04. The first-order valence-corrected chi connectivity index (χ1v) is 9.11. The highest BCUT2D eigenvalue weighted by atomic mass is 79.9. The molecule has 9 heteroatoms. The number of halogens is 2. The maximum Gasteiger partial charge on any atom is 0.287 e. The summed E-state index contributed by atoms with van der Waals surface area (Å²) in [6, 6.07) is 10.4. The molecule has 0 saturated carbocycles. The van der Waals surface area contributed by atoms with Crippen LogP contribution < -0.4 is 10.6 Å². The lowest BCUT2D eigenvalue weighted by Gasteiger charge is -2.03. The van der Waals surface area contributed by atoms with Gasteiger partial charge in [-0.15, -0.1) is 11.3 Å². The third-order valence-electron chi connectivity index (χ3n) is 3.10. The van der Waals surface area contributed by atoms with E-state index in [4.69, 9.17) is 16.0 Å². The second-order valence-corrected chi connectivity index (χ2v) is 6.96. The van der Waals surface area contributed by atoms with Crippen molar-refractivity contribution in [3.8, 4) is 11.3 Å². The van der Waals surface area contributed by atoms with Crippen LogP contribution in [0.15, 0.2) is 50.9 Å². The van der Waals surface area contributed by atoms with Crippen molar-refractivity contribution in [3.05, 3.63) is 57.2 Å². The van der Waals surface area contributed by atoms with Gasteiger partial charge in [0, 0.05) is 16.0 Å². The number of aromatic nitrogens is 1. The number of amides is 2. The number of anilines is 1. The van der Waals surface area contributed by atoms with Gasteiger partial charge in [-0.05, 0) is 40.2 Å². The average Bonchev–Trinajstić information content (AvgIpc) is 3.22. The van der Waals surface area contributed by atoms with Crippen LogP contribution in [0.2, 0.25) is 5.02 Å². The van der Waals surface area contributed by atoms with Gasteiger partial charge in [0.15, 0.2) is 15.6 Å². The van der Waals surface area contributed by atoms with E-state index in [2.05, 4.69) is 31.5 Å². The summed E-state index contributed by atoms with van der Waals surface area (Å²) in [6.45, 7) is -0.187. The lowest BCUT2D eigenvalue weighted by Crippen LogP contribution is -2.32. The zero-order valence-electron chi connectivity index (χ0n) is 12.6. The van der Waals surface area contributed by atoms with Crippen LogP contribution in [0, 0.1) is 0 Å². The van der Waals surface area contributed by atoms with Crippen molar-refractivity contribution in [1.29, 1.82) is 0 Å². The van der Waals surface area contributed by atoms with Crippen molar-refractivity contribution in [2.45, 2.75) is 0 Å². The van der Waals surface area contributed by atoms with Crippen LogP contribution in [-0.4, -0.2) is 23.3 Å². The summed E-state index contributed by atoms with van der Waals surface area (Å²) in [6.07, 6.45) is 0. The van der Waals surface area contributed by atoms with E-state index in [0.717, 1.165) is 11.3 Å². The normalized spacial score (nSPS) is 10.5. The van der Waals surface area contributed by atoms with Crippen LogP contribution in [0.1, 0.15) is 10.6 Å². The summed E-state index contributed by atoms with van der Waals surface area (Å²) in [5.74, 6) is -0.725. The van der Waals surface area contributed by atoms with Crippen molar-refractivity contribution in [2.75, 3.05) is 11.9 Å². The molecule has 0 aliphatic rings. The van der Waals surface area contributed by atoms with Crippen molar-refractivity contribution >= 4 is 55.8 Å². The van der Waals surface area contributed by atoms with Gasteiger partial charge in [-0.2, -0.15) is 0 Å². The molecule has 6 nitrogen and oxygen atoms in total. The summed E-state index contributed by atoms with van der Waals surface area (Å²) < 4.78 is 5.55. The highest BCUT2D eigenvalue weighted by Gasteiger charge is 2.13. The predicted molar refractivity (Wildman–Crippen MR) is 99.9 cm³/mol. The van der Waals surface area contributed by atoms with Crippen molar-refractivity contribution < 1.29 is 14.0 Å². The van der Waals surface area contributed by atoms with Crippen molar-refractivity contribution in [2.24, 2.45) is 0 Å². The van der Waals surface area contributed by atoms with Crippen LogP contribution in [-0.2, 0) is 4.79 Å². The highest BCUT2D eigenvalue weighted by molar-refractivity contribution is 9.10. The molecule has 3 rings (SSSR count). The van der Waals surface area contributed by atoms with E-state index in [0.29, 0.717) is 14.8 Å². The summed E-state index contributed by atoms with van der Waals surface area (Å²) >= 11 is 10.3. The first kappa shape index (κ1) is 17.7. The molecule has 128 valence electrons. The topological polar surface area (TPSA) is 84.2 Å². The third kappa shape index (κ3) is 4.68. The Kier molecular flexibility index (Phi) is 5.52. The minimum absolute atomic E-state index is 0.124. The molecule has 3 aromatic rings. The van der Waals surface area contributed by atoms with Crippen LogP contribution in [0.3, 0.4) is 0 Å². The highest BCUT2D eigenvalue weighted by Crippen LogP contribution is 2.25. The lowest BCUT2D eigenvalue weighted by molar-refractivity contribution is -0.115. The molecule has 2 heterocycles. The van der Waals surface area contributed by atoms with Crippen LogP contribution >= 0.6 is 38.9 Å². The summed E-state index contributed by atoms with van der Waals surface area (Å²) in [7, 11) is 0. The fourth-order valence-electron chi connectivity index (χ4n) is 1.93. The molecule has 0 unspecified atom stereocenters. The molecule has 0 bridgehead atoms. The second kappa shape index (κ2) is 7.81. The maximum absolute atomic E-state index is 11.9. The number of hydrogen-bond acceptors (Lipinski definition) is 5. The van der Waals surface area contributed by atoms with Crippen molar-refractivity contribution in [1.82, 2.24) is 10.3 Å². The van der Waals surface area contributed by atoms with Crippen molar-refractivity contribution in [3.63, 3.8) is 0 Å². The second-order valence-electron chi connectivity index (χ2n) is 4.88. The molecule has 0 fully saturated rings. The number of rotatable bonds is 5. The zero-order chi connectivity index (χ0) is 17.8. The number of nitrogens with one attached hydrogen (secondary N) is 2. The van der Waals surface area contributed by atoms with Gasteiger partial charge in [0.25, 0.3) is 5.91 Å². The fourth-order valence-corrected chi connectivity index (χ4v) is 3.10. The Balaban J connectivity index is 1.55. The Morgan fingerprint density at radius 2 is 1.96 bits per heavy atom. The molecule has 1 aromatic carbocycles. The molecule has 0 saturated heterocycles. The van der Waals surface area contributed by atoms with Gasteiger partial charge in [-0.3, -0.25) is 9.59 Å². The molecule has 2 aromatic heterocycles. The molecule has 25 heavy (non-hydrogen) atoms. The van der Waals surface area contributed by atoms with Gasteiger partial charge in [-0.25, -0.2) is 4.98 Å². The minimum Gasteiger partial charge on any atom is -0.444 e. The summed E-state index contributed by atoms with van der Waals surface area (Å²) in [5.41, 5.74) is 1.64. The molecule has 0 spiro atoms. The van der Waals surface area contributed by atoms with Gasteiger partial charge < -0.3 is 15.1 Å². The number of benzene rings is 1. The standard InChI is InChI=1S/C16H11BrClN3O3S/c17-13-6-5-12(24-13)15(23)19-7-14(22)21-16-20-11(8-25-16)9-1-3-10(18)4-2-9/h1-6,8H,7H2,(H,19,23)(H,20,21,22). The van der Waals surface area contributed by atoms with E-state index in [1.807, 2.05) is 17.5 Å². The van der Waals surface area contributed by atoms with E-state index in [1.165, 1.54) is 17.4 Å². The quantitative estimate of drug-likeness (QED) is 0.623. The number of thiazole rings is 1. The Morgan fingerprint density at radius 3 is 2.64 bits per heavy atom. The number of hydrogen-bond donors (Lipinski definition) is 2. The maximum atomic E-state index is 11.9. The van der Waals surface area contributed by atoms with E-state index < -0.39 is 5.91 Å². The van der Waals surface area contributed by atoms with Gasteiger partial charge >= 0.3 is 0 Å². The molecule has 2 amide bonds. The molecular weight excluding hydrogens is 430 g/mol. The third-order valence-corrected chi connectivity index (χ3v) is 4.53. The first-order valence-electron chi connectivity index (χ1n) is 7.06. The number of nitrogens with zero attached hydrogens (tertiary/aromatic N) is 1. The predicted octanol–water partition coefficient (Wildman–Crippen LogP) is 4.19. The lowest BCUT2D eigenvalue weighted by atomic mass is 10.2. The van der Waals surface area contributed by atoms with Crippen LogP contribution in [0.25, 0.3) is 11.3 Å². The minimum atomic E-state index is -0.471. The number of carbonyl (C=O) groups is 2. The summed E-state index contributed by atoms with van der Waals surface area (Å²) in [4.78, 5) is 28.1. The Labute approximate surface area is 160 Å². The SMILES string of the molecule is O=C(CNC(=O)c1ccc(Br)o1)Nc1nc(-c2ccc(Cl)cc2)cs1. The van der Waals surface area contributed by atoms with E-state index >= 15 is 0 Å². The zero-order valence-corrected chi connectivity index (χ0v) is 15.7. The largest absolute Gasteiger partial charge is 0.444 e. The Hall–Kier alpha value is -2.16. The molecule has 0 aliphatic heterocycles.